The highest BCUT2D eigenvalue weighted by Gasteiger charge is 2.68. The predicted octanol–water partition coefficient (Wildman–Crippen LogP) is 4.42. The van der Waals surface area contributed by atoms with Crippen molar-refractivity contribution in [2.24, 2.45) is 0 Å². The molecule has 1 aliphatic carbocycles. The van der Waals surface area contributed by atoms with Gasteiger partial charge in [-0.25, -0.2) is 4.79 Å². The third kappa shape index (κ3) is 5.12. The first-order chi connectivity index (χ1) is 18.6. The Morgan fingerprint density at radius 1 is 1.05 bits per heavy atom. The monoisotopic (exact) mass is 549 g/mol. The second kappa shape index (κ2) is 10.7. The van der Waals surface area contributed by atoms with Gasteiger partial charge >= 0.3 is 6.09 Å². The number of rotatable bonds is 7. The molecule has 0 aromatic heterocycles. The summed E-state index contributed by atoms with van der Waals surface area (Å²) in [4.78, 5) is 12.8. The number of amides is 1. The van der Waals surface area contributed by atoms with Crippen LogP contribution in [0, 0.1) is 0 Å². The molecular formula is C31H39NO6Si. The normalized spacial score (nSPS) is 30.2. The lowest BCUT2D eigenvalue weighted by molar-refractivity contribution is -0.301. The average molecular weight is 550 g/mol. The number of nitrogens with one attached hydrogen (secondary N) is 1. The Kier molecular flexibility index (Phi) is 7.61. The van der Waals surface area contributed by atoms with E-state index in [2.05, 4.69) is 81.2 Å². The van der Waals surface area contributed by atoms with Gasteiger partial charge in [0.25, 0.3) is 8.32 Å². The Morgan fingerprint density at radius 3 is 2.13 bits per heavy atom. The standard InChI is InChI=1S/C31H39NO6Si/c1-7-18-34-29(33)32-26-20-25(27-28(35-27)31(26)36-21(2)19-22(3)37-31)38-39(30(4,5)6,23-14-10-8-11-15-23)24-16-12-9-13-17-24/h7-17,20-22,25,27-28H,1,18-19H2,2-6H3,(H,32,33)/t21-,22-,25-,27+,28+/m1/s1. The number of alkyl carbamates (subject to hydrolysis) is 1. The molecule has 1 N–H and O–H groups in total. The fraction of sp³-hybridized carbons (Fsp3) is 0.452. The Morgan fingerprint density at radius 2 is 1.62 bits per heavy atom. The van der Waals surface area contributed by atoms with Crippen molar-refractivity contribution >= 4 is 24.8 Å². The highest BCUT2D eigenvalue weighted by molar-refractivity contribution is 6.99. The van der Waals surface area contributed by atoms with Crippen LogP contribution >= 0.6 is 0 Å². The summed E-state index contributed by atoms with van der Waals surface area (Å²) in [6.45, 7) is 14.5. The zero-order valence-electron chi connectivity index (χ0n) is 23.4. The Balaban J connectivity index is 1.60. The van der Waals surface area contributed by atoms with Crippen LogP contribution in [-0.2, 0) is 23.4 Å². The van der Waals surface area contributed by atoms with Crippen LogP contribution < -0.4 is 15.7 Å². The number of hydrogen-bond acceptors (Lipinski definition) is 6. The van der Waals surface area contributed by atoms with E-state index in [9.17, 15) is 4.79 Å². The van der Waals surface area contributed by atoms with E-state index in [-0.39, 0.29) is 30.0 Å². The molecule has 2 aromatic carbocycles. The van der Waals surface area contributed by atoms with Crippen LogP contribution in [0.5, 0.6) is 0 Å². The molecule has 5 atom stereocenters. The van der Waals surface area contributed by atoms with Crippen molar-refractivity contribution in [3.05, 3.63) is 85.1 Å². The van der Waals surface area contributed by atoms with Crippen LogP contribution in [0.2, 0.25) is 5.04 Å². The molecule has 0 unspecified atom stereocenters. The quantitative estimate of drug-likeness (QED) is 0.313. The van der Waals surface area contributed by atoms with Gasteiger partial charge in [0.15, 0.2) is 0 Å². The van der Waals surface area contributed by atoms with Crippen molar-refractivity contribution in [1.29, 1.82) is 0 Å². The van der Waals surface area contributed by atoms with Gasteiger partial charge in [-0.3, -0.25) is 5.32 Å². The van der Waals surface area contributed by atoms with Crippen molar-refractivity contribution in [2.45, 2.75) is 82.4 Å². The molecule has 1 spiro atoms. The number of carbonyl (C=O) groups is 1. The summed E-state index contributed by atoms with van der Waals surface area (Å²) < 4.78 is 31.8. The SMILES string of the molecule is C=CCOC(=O)NC1=C[C@@H](O[Si](c2ccccc2)(c2ccccc2)C(C)(C)C)[C@@H]2O[C@@H]2C12O[C@H](C)C[C@@H](C)O2. The average Bonchev–Trinajstić information content (AvgIpc) is 3.71. The smallest absolute Gasteiger partial charge is 0.411 e. The van der Waals surface area contributed by atoms with Crippen LogP contribution in [-0.4, -0.2) is 57.3 Å². The van der Waals surface area contributed by atoms with E-state index in [4.69, 9.17) is 23.4 Å². The number of benzene rings is 2. The zero-order valence-corrected chi connectivity index (χ0v) is 24.4. The molecule has 3 aliphatic rings. The van der Waals surface area contributed by atoms with E-state index < -0.39 is 32.4 Å². The minimum absolute atomic E-state index is 0.0813. The van der Waals surface area contributed by atoms with Crippen LogP contribution in [0.4, 0.5) is 4.79 Å². The van der Waals surface area contributed by atoms with Gasteiger partial charge in [0, 0.05) is 0 Å². The summed E-state index contributed by atoms with van der Waals surface area (Å²) in [5.74, 6) is -1.24. The molecule has 8 heteroatoms. The number of ether oxygens (including phenoxy) is 4. The first-order valence-corrected chi connectivity index (χ1v) is 15.6. The number of fused-ring (bicyclic) bond motifs is 2. The van der Waals surface area contributed by atoms with E-state index >= 15 is 0 Å². The number of carbonyl (C=O) groups excluding carboxylic acids is 1. The van der Waals surface area contributed by atoms with Crippen molar-refractivity contribution in [3.8, 4) is 0 Å². The maximum Gasteiger partial charge on any atom is 0.411 e. The molecule has 1 amide bonds. The molecule has 2 aliphatic heterocycles. The highest BCUT2D eigenvalue weighted by Crippen LogP contribution is 2.51. The maximum absolute atomic E-state index is 12.8. The lowest BCUT2D eigenvalue weighted by Crippen LogP contribution is -2.68. The van der Waals surface area contributed by atoms with Crippen molar-refractivity contribution < 1.29 is 28.2 Å². The highest BCUT2D eigenvalue weighted by atomic mass is 28.4. The Hall–Kier alpha value is -2.75. The third-order valence-electron chi connectivity index (χ3n) is 7.65. The lowest BCUT2D eigenvalue weighted by Gasteiger charge is -2.47. The van der Waals surface area contributed by atoms with Crippen molar-refractivity contribution in [3.63, 3.8) is 0 Å². The Bertz CT molecular complexity index is 1160. The van der Waals surface area contributed by atoms with E-state index in [0.29, 0.717) is 5.70 Å². The van der Waals surface area contributed by atoms with Crippen molar-refractivity contribution in [2.75, 3.05) is 6.61 Å². The second-order valence-corrected chi connectivity index (χ2v) is 15.9. The maximum atomic E-state index is 12.8. The molecule has 208 valence electrons. The predicted molar refractivity (Wildman–Crippen MR) is 152 cm³/mol. The molecule has 0 bridgehead atoms. The fourth-order valence-electron chi connectivity index (χ4n) is 6.06. The summed E-state index contributed by atoms with van der Waals surface area (Å²) in [6.07, 6.45) is 2.26. The van der Waals surface area contributed by atoms with Crippen LogP contribution in [0.3, 0.4) is 0 Å². The molecule has 5 rings (SSSR count). The number of epoxide rings is 1. The summed E-state index contributed by atoms with van der Waals surface area (Å²) >= 11 is 0. The second-order valence-electron chi connectivity index (χ2n) is 11.6. The molecule has 2 fully saturated rings. The molecule has 39 heavy (non-hydrogen) atoms. The van der Waals surface area contributed by atoms with Gasteiger partial charge < -0.3 is 23.4 Å². The molecule has 0 saturated carbocycles. The molecular weight excluding hydrogens is 510 g/mol. The van der Waals surface area contributed by atoms with Crippen LogP contribution in [0.25, 0.3) is 0 Å². The lowest BCUT2D eigenvalue weighted by atomic mass is 9.93. The van der Waals surface area contributed by atoms with Gasteiger partial charge in [-0.05, 0) is 41.8 Å². The third-order valence-corrected chi connectivity index (χ3v) is 12.7. The van der Waals surface area contributed by atoms with E-state index in [1.807, 2.05) is 32.1 Å². The molecule has 2 heterocycles. The minimum atomic E-state index is -2.89. The molecule has 2 aromatic rings. The number of hydrogen-bond donors (Lipinski definition) is 1. The van der Waals surface area contributed by atoms with Crippen LogP contribution in [0.15, 0.2) is 85.1 Å². The van der Waals surface area contributed by atoms with Gasteiger partial charge in [-0.15, -0.1) is 0 Å². The molecule has 2 saturated heterocycles. The topological polar surface area (TPSA) is 78.6 Å². The van der Waals surface area contributed by atoms with E-state index in [1.54, 1.807) is 0 Å². The van der Waals surface area contributed by atoms with Gasteiger partial charge in [-0.2, -0.15) is 0 Å². The fourth-order valence-corrected chi connectivity index (χ4v) is 10.7. The summed E-state index contributed by atoms with van der Waals surface area (Å²) in [5, 5.41) is 5.02. The van der Waals surface area contributed by atoms with Gasteiger partial charge in [0.1, 0.15) is 18.8 Å². The summed E-state index contributed by atoms with van der Waals surface area (Å²) in [7, 11) is -2.89. The van der Waals surface area contributed by atoms with E-state index in [0.717, 1.165) is 6.42 Å². The first-order valence-electron chi connectivity index (χ1n) is 13.7. The summed E-state index contributed by atoms with van der Waals surface area (Å²) in [5.41, 5.74) is 0.455. The first kappa shape index (κ1) is 27.8. The van der Waals surface area contributed by atoms with Gasteiger partial charge in [0.2, 0.25) is 5.79 Å². The zero-order chi connectivity index (χ0) is 27.8. The van der Waals surface area contributed by atoms with Crippen molar-refractivity contribution in [1.82, 2.24) is 5.32 Å². The molecule has 7 nitrogen and oxygen atoms in total. The van der Waals surface area contributed by atoms with E-state index in [1.165, 1.54) is 16.4 Å². The van der Waals surface area contributed by atoms with Crippen LogP contribution in [0.1, 0.15) is 41.0 Å². The Labute approximate surface area is 232 Å². The van der Waals surface area contributed by atoms with Gasteiger partial charge in [0.05, 0.1) is 24.0 Å². The summed E-state index contributed by atoms with van der Waals surface area (Å²) in [6, 6.07) is 20.9. The largest absolute Gasteiger partial charge is 0.445 e. The molecule has 0 radical (unpaired) electrons. The van der Waals surface area contributed by atoms with Gasteiger partial charge in [-0.1, -0.05) is 94.1 Å². The minimum Gasteiger partial charge on any atom is -0.445 e.